The van der Waals surface area contributed by atoms with Crippen molar-refractivity contribution in [3.05, 3.63) is 158 Å². The molecule has 42 heavy (non-hydrogen) atoms. The zero-order valence-electron chi connectivity index (χ0n) is 22.9. The molecule has 0 aliphatic heterocycles. The van der Waals surface area contributed by atoms with E-state index in [4.69, 9.17) is 4.98 Å². The smallest absolute Gasteiger partial charge is 0.0717 e. The minimum atomic E-state index is 0.919. The lowest BCUT2D eigenvalue weighted by molar-refractivity contribution is 1.28. The van der Waals surface area contributed by atoms with Crippen LogP contribution in [0.25, 0.3) is 77.0 Å². The van der Waals surface area contributed by atoms with E-state index in [9.17, 15) is 0 Å². The third-order valence-electron chi connectivity index (χ3n) is 8.18. The van der Waals surface area contributed by atoms with Gasteiger partial charge in [0.15, 0.2) is 0 Å². The Kier molecular flexibility index (Phi) is 5.82. The van der Waals surface area contributed by atoms with E-state index in [1.807, 2.05) is 24.5 Å². The first-order chi connectivity index (χ1) is 20.8. The second-order valence-electron chi connectivity index (χ2n) is 10.7. The quantitative estimate of drug-likeness (QED) is 0.210. The lowest BCUT2D eigenvalue weighted by atomic mass is 9.84. The highest BCUT2D eigenvalue weighted by Gasteiger charge is 2.17. The van der Waals surface area contributed by atoms with E-state index in [-0.39, 0.29) is 0 Å². The fourth-order valence-electron chi connectivity index (χ4n) is 6.18. The molecule has 0 radical (unpaired) electrons. The SMILES string of the molecule is c1ccc(-c2c3ccccc3c(-c3ccc4ccccc4c3)c3ccc(-c4ccc(-c5cccnc5)nc4)cc23)cc1. The topological polar surface area (TPSA) is 25.8 Å². The number of aromatic nitrogens is 2. The van der Waals surface area contributed by atoms with Crippen molar-refractivity contribution in [2.45, 2.75) is 0 Å². The van der Waals surface area contributed by atoms with Gasteiger partial charge in [0.25, 0.3) is 0 Å². The van der Waals surface area contributed by atoms with Crippen LogP contribution in [0.1, 0.15) is 0 Å². The molecule has 2 nitrogen and oxygen atoms in total. The molecule has 0 bridgehead atoms. The largest absolute Gasteiger partial charge is 0.264 e. The summed E-state index contributed by atoms with van der Waals surface area (Å²) in [6, 6.07) is 50.1. The lowest BCUT2D eigenvalue weighted by Crippen LogP contribution is -1.92. The average molecular weight is 535 g/mol. The van der Waals surface area contributed by atoms with E-state index in [1.54, 1.807) is 6.20 Å². The summed E-state index contributed by atoms with van der Waals surface area (Å²) in [6.45, 7) is 0. The number of benzene rings is 6. The Morgan fingerprint density at radius 3 is 1.79 bits per heavy atom. The van der Waals surface area contributed by atoms with Crippen LogP contribution in [0.2, 0.25) is 0 Å². The number of hydrogen-bond acceptors (Lipinski definition) is 2. The summed E-state index contributed by atoms with van der Waals surface area (Å²) in [5.41, 5.74) is 9.13. The maximum absolute atomic E-state index is 4.79. The number of pyridine rings is 2. The summed E-state index contributed by atoms with van der Waals surface area (Å²) < 4.78 is 0. The Hall–Kier alpha value is -5.60. The summed E-state index contributed by atoms with van der Waals surface area (Å²) >= 11 is 0. The third kappa shape index (κ3) is 4.13. The molecule has 8 rings (SSSR count). The van der Waals surface area contributed by atoms with E-state index >= 15 is 0 Å². The lowest BCUT2D eigenvalue weighted by Gasteiger charge is -2.19. The van der Waals surface area contributed by atoms with Gasteiger partial charge in [0.1, 0.15) is 0 Å². The van der Waals surface area contributed by atoms with Gasteiger partial charge in [0, 0.05) is 29.7 Å². The minimum absolute atomic E-state index is 0.919. The molecule has 0 saturated carbocycles. The van der Waals surface area contributed by atoms with E-state index in [0.717, 1.165) is 22.4 Å². The molecule has 0 saturated heterocycles. The van der Waals surface area contributed by atoms with Crippen LogP contribution >= 0.6 is 0 Å². The van der Waals surface area contributed by atoms with Crippen LogP contribution in [-0.4, -0.2) is 9.97 Å². The molecule has 0 spiro atoms. The van der Waals surface area contributed by atoms with Crippen LogP contribution < -0.4 is 0 Å². The second-order valence-corrected chi connectivity index (χ2v) is 10.7. The van der Waals surface area contributed by atoms with Gasteiger partial charge in [0.2, 0.25) is 0 Å². The maximum atomic E-state index is 4.79. The van der Waals surface area contributed by atoms with Gasteiger partial charge in [-0.15, -0.1) is 0 Å². The number of hydrogen-bond donors (Lipinski definition) is 0. The molecule has 0 fully saturated rings. The van der Waals surface area contributed by atoms with Gasteiger partial charge in [-0.05, 0) is 90.5 Å². The fraction of sp³-hybridized carbons (Fsp3) is 0. The third-order valence-corrected chi connectivity index (χ3v) is 8.18. The minimum Gasteiger partial charge on any atom is -0.264 e. The molecule has 2 heterocycles. The Morgan fingerprint density at radius 1 is 0.357 bits per heavy atom. The van der Waals surface area contributed by atoms with Gasteiger partial charge in [0.05, 0.1) is 5.69 Å². The molecule has 0 unspecified atom stereocenters. The molecule has 6 aromatic carbocycles. The molecule has 2 heteroatoms. The normalized spacial score (nSPS) is 11.3. The first-order valence-electron chi connectivity index (χ1n) is 14.2. The van der Waals surface area contributed by atoms with Gasteiger partial charge in [-0.1, -0.05) is 109 Å². The van der Waals surface area contributed by atoms with Crippen molar-refractivity contribution in [1.29, 1.82) is 0 Å². The monoisotopic (exact) mass is 534 g/mol. The number of fused-ring (bicyclic) bond motifs is 3. The standard InChI is InChI=1S/C40H26N2/c1-2-10-28(11-3-1)39-34-14-6-7-15-35(34)40(31-17-16-27-9-4-5-12-29(27)23-31)36-20-18-30(24-37(36)39)32-19-21-38(42-26-32)33-13-8-22-41-25-33/h1-26H. The number of rotatable bonds is 4. The van der Waals surface area contributed by atoms with Gasteiger partial charge in [-0.3, -0.25) is 9.97 Å². The molecule has 0 N–H and O–H groups in total. The molecule has 0 aliphatic carbocycles. The highest BCUT2D eigenvalue weighted by Crippen LogP contribution is 2.45. The van der Waals surface area contributed by atoms with Crippen LogP contribution in [0, 0.1) is 0 Å². The van der Waals surface area contributed by atoms with Crippen LogP contribution in [0.5, 0.6) is 0 Å². The Labute approximate surface area is 244 Å². The molecule has 2 aromatic heterocycles. The molecular weight excluding hydrogens is 508 g/mol. The van der Waals surface area contributed by atoms with Crippen molar-refractivity contribution in [2.75, 3.05) is 0 Å². The van der Waals surface area contributed by atoms with Crippen LogP contribution in [0.15, 0.2) is 158 Å². The summed E-state index contributed by atoms with van der Waals surface area (Å²) in [6.07, 6.45) is 5.60. The Bertz CT molecular complexity index is 2220. The molecule has 8 aromatic rings. The predicted octanol–water partition coefficient (Wildman–Crippen LogP) is 10.6. The number of nitrogens with zero attached hydrogens (tertiary/aromatic N) is 2. The predicted molar refractivity (Wildman–Crippen MR) is 176 cm³/mol. The van der Waals surface area contributed by atoms with Crippen molar-refractivity contribution in [3.8, 4) is 44.6 Å². The van der Waals surface area contributed by atoms with Crippen LogP contribution in [0.3, 0.4) is 0 Å². The van der Waals surface area contributed by atoms with E-state index in [0.29, 0.717) is 0 Å². The Morgan fingerprint density at radius 2 is 1.02 bits per heavy atom. The maximum Gasteiger partial charge on any atom is 0.0717 e. The van der Waals surface area contributed by atoms with Crippen molar-refractivity contribution >= 4 is 32.3 Å². The summed E-state index contributed by atoms with van der Waals surface area (Å²) in [4.78, 5) is 9.04. The second kappa shape index (κ2) is 10.1. The van der Waals surface area contributed by atoms with E-state index in [1.165, 1.54) is 54.6 Å². The Balaban J connectivity index is 1.40. The van der Waals surface area contributed by atoms with Crippen molar-refractivity contribution in [2.24, 2.45) is 0 Å². The van der Waals surface area contributed by atoms with Gasteiger partial charge < -0.3 is 0 Å². The molecule has 0 atom stereocenters. The first kappa shape index (κ1) is 24.2. The molecular formula is C40H26N2. The zero-order valence-corrected chi connectivity index (χ0v) is 22.9. The molecule has 0 aliphatic rings. The highest BCUT2D eigenvalue weighted by atomic mass is 14.7. The van der Waals surface area contributed by atoms with E-state index < -0.39 is 0 Å². The van der Waals surface area contributed by atoms with Crippen molar-refractivity contribution in [3.63, 3.8) is 0 Å². The van der Waals surface area contributed by atoms with Gasteiger partial charge in [-0.25, -0.2) is 0 Å². The van der Waals surface area contributed by atoms with Crippen molar-refractivity contribution < 1.29 is 0 Å². The summed E-state index contributed by atoms with van der Waals surface area (Å²) in [5, 5.41) is 7.48. The summed E-state index contributed by atoms with van der Waals surface area (Å²) in [5.74, 6) is 0. The van der Waals surface area contributed by atoms with Crippen LogP contribution in [-0.2, 0) is 0 Å². The average Bonchev–Trinajstić information content (AvgIpc) is 3.07. The fourth-order valence-corrected chi connectivity index (χ4v) is 6.18. The molecule has 0 amide bonds. The van der Waals surface area contributed by atoms with E-state index in [2.05, 4.69) is 132 Å². The van der Waals surface area contributed by atoms with Crippen LogP contribution in [0.4, 0.5) is 0 Å². The van der Waals surface area contributed by atoms with Crippen molar-refractivity contribution in [1.82, 2.24) is 9.97 Å². The zero-order chi connectivity index (χ0) is 27.9. The first-order valence-corrected chi connectivity index (χ1v) is 14.2. The van der Waals surface area contributed by atoms with Gasteiger partial charge >= 0.3 is 0 Å². The van der Waals surface area contributed by atoms with Gasteiger partial charge in [-0.2, -0.15) is 0 Å². The summed E-state index contributed by atoms with van der Waals surface area (Å²) in [7, 11) is 0. The molecule has 196 valence electrons. The highest BCUT2D eigenvalue weighted by molar-refractivity contribution is 6.22.